The molecule has 1 N–H and O–H groups in total. The molecule has 0 radical (unpaired) electrons. The van der Waals surface area contributed by atoms with E-state index in [1.54, 1.807) is 0 Å². The van der Waals surface area contributed by atoms with Gasteiger partial charge in [-0.15, -0.1) is 0 Å². The van der Waals surface area contributed by atoms with Crippen molar-refractivity contribution in [3.05, 3.63) is 0 Å². The van der Waals surface area contributed by atoms with Gasteiger partial charge in [0.05, 0.1) is 19.1 Å². The number of rotatable bonds is 8. The van der Waals surface area contributed by atoms with Crippen LogP contribution in [0.4, 0.5) is 0 Å². The fraction of sp³-hybridized carbons (Fsp3) is 0.909. The van der Waals surface area contributed by atoms with Crippen LogP contribution >= 0.6 is 0 Å². The highest BCUT2D eigenvalue weighted by Gasteiger charge is 2.52. The Labute approximate surface area is 170 Å². The van der Waals surface area contributed by atoms with Gasteiger partial charge in [-0.3, -0.25) is 14.5 Å². The summed E-state index contributed by atoms with van der Waals surface area (Å²) in [6, 6.07) is 1.03. The van der Waals surface area contributed by atoms with Crippen molar-refractivity contribution >= 4 is 11.8 Å². The molecule has 0 unspecified atom stereocenters. The molecule has 2 amide bonds. The van der Waals surface area contributed by atoms with Crippen molar-refractivity contribution < 1.29 is 14.3 Å². The van der Waals surface area contributed by atoms with Crippen LogP contribution in [0.15, 0.2) is 0 Å². The van der Waals surface area contributed by atoms with Gasteiger partial charge < -0.3 is 15.0 Å². The molecule has 0 saturated carbocycles. The third-order valence-electron chi connectivity index (χ3n) is 6.91. The van der Waals surface area contributed by atoms with E-state index >= 15 is 0 Å². The van der Waals surface area contributed by atoms with E-state index in [4.69, 9.17) is 4.74 Å². The lowest BCUT2D eigenvalue weighted by molar-refractivity contribution is -0.133. The van der Waals surface area contributed by atoms with Crippen molar-refractivity contribution in [2.45, 2.75) is 90.4 Å². The second kappa shape index (κ2) is 9.57. The summed E-state index contributed by atoms with van der Waals surface area (Å²) in [6.45, 7) is 11.9. The van der Waals surface area contributed by atoms with Crippen LogP contribution in [0.5, 0.6) is 0 Å². The Balaban J connectivity index is 1.71. The number of likely N-dealkylation sites (tertiary alicyclic amines) is 2. The van der Waals surface area contributed by atoms with Crippen molar-refractivity contribution in [1.82, 2.24) is 15.1 Å². The minimum atomic E-state index is -0.0469. The molecule has 0 aromatic rings. The number of carbonyl (C=O) groups excluding carboxylic acids is 2. The number of ether oxygens (including phenoxy) is 1. The van der Waals surface area contributed by atoms with Gasteiger partial charge in [-0.1, -0.05) is 13.8 Å². The maximum Gasteiger partial charge on any atom is 0.225 e. The molecule has 4 atom stereocenters. The van der Waals surface area contributed by atoms with Crippen LogP contribution in [-0.2, 0) is 14.3 Å². The molecule has 0 spiro atoms. The number of carbonyl (C=O) groups is 2. The van der Waals surface area contributed by atoms with E-state index in [0.717, 1.165) is 45.3 Å². The highest BCUT2D eigenvalue weighted by atomic mass is 16.5. The number of fused-ring (bicyclic) bond motifs is 1. The summed E-state index contributed by atoms with van der Waals surface area (Å²) in [5.74, 6) is 0.907. The average Bonchev–Trinajstić information content (AvgIpc) is 3.36. The average molecular weight is 394 g/mol. The van der Waals surface area contributed by atoms with Crippen LogP contribution in [-0.4, -0.2) is 72.1 Å². The van der Waals surface area contributed by atoms with Gasteiger partial charge in [-0.2, -0.15) is 0 Å². The molecular formula is C22H39N3O3. The SMILES string of the molecule is CCC(CC)N1C[C@@H](CC(=O)NC(C)C)[C@H]2[C@H](CC(=O)N3CCCC3)OC[C@H]21. The fourth-order valence-corrected chi connectivity index (χ4v) is 5.61. The number of nitrogens with one attached hydrogen (secondary N) is 1. The normalized spacial score (nSPS) is 30.4. The summed E-state index contributed by atoms with van der Waals surface area (Å²) >= 11 is 0. The van der Waals surface area contributed by atoms with Crippen molar-refractivity contribution in [3.63, 3.8) is 0 Å². The van der Waals surface area contributed by atoms with Gasteiger partial charge in [-0.05, 0) is 45.4 Å². The topological polar surface area (TPSA) is 61.9 Å². The molecule has 0 bridgehead atoms. The van der Waals surface area contributed by atoms with E-state index < -0.39 is 0 Å². The van der Waals surface area contributed by atoms with Gasteiger partial charge in [0.15, 0.2) is 0 Å². The number of amides is 2. The molecular weight excluding hydrogens is 354 g/mol. The molecule has 3 fully saturated rings. The molecule has 160 valence electrons. The van der Waals surface area contributed by atoms with Crippen molar-refractivity contribution in [2.75, 3.05) is 26.2 Å². The molecule has 3 aliphatic heterocycles. The number of hydrogen-bond acceptors (Lipinski definition) is 4. The first-order chi connectivity index (χ1) is 13.4. The molecule has 3 heterocycles. The first kappa shape index (κ1) is 21.6. The monoisotopic (exact) mass is 393 g/mol. The lowest BCUT2D eigenvalue weighted by atomic mass is 9.84. The van der Waals surface area contributed by atoms with Crippen LogP contribution < -0.4 is 5.32 Å². The summed E-state index contributed by atoms with van der Waals surface area (Å²) in [5.41, 5.74) is 0. The standard InChI is InChI=1S/C22H39N3O3/c1-5-17(6-2)25-13-16(11-20(26)23-15(3)4)22-18(25)14-28-19(22)12-21(27)24-9-7-8-10-24/h15-19,22H,5-14H2,1-4H3,(H,23,26)/t16-,18-,19+,22-/m1/s1. The van der Waals surface area contributed by atoms with E-state index in [-0.39, 0.29) is 35.8 Å². The lowest BCUT2D eigenvalue weighted by Gasteiger charge is -2.30. The molecule has 3 rings (SSSR count). The van der Waals surface area contributed by atoms with E-state index in [2.05, 4.69) is 24.1 Å². The van der Waals surface area contributed by atoms with Crippen LogP contribution in [0.2, 0.25) is 0 Å². The van der Waals surface area contributed by atoms with Gasteiger partial charge in [0.1, 0.15) is 0 Å². The Morgan fingerprint density at radius 3 is 2.39 bits per heavy atom. The molecule has 6 heteroatoms. The van der Waals surface area contributed by atoms with Gasteiger partial charge >= 0.3 is 0 Å². The van der Waals surface area contributed by atoms with Crippen molar-refractivity contribution in [1.29, 1.82) is 0 Å². The van der Waals surface area contributed by atoms with Gasteiger partial charge in [-0.25, -0.2) is 0 Å². The molecule has 0 aromatic heterocycles. The van der Waals surface area contributed by atoms with E-state index in [0.29, 0.717) is 31.5 Å². The molecule has 6 nitrogen and oxygen atoms in total. The van der Waals surface area contributed by atoms with Gasteiger partial charge in [0.2, 0.25) is 11.8 Å². The van der Waals surface area contributed by atoms with Crippen LogP contribution in [0, 0.1) is 11.8 Å². The summed E-state index contributed by atoms with van der Waals surface area (Å²) in [5, 5.41) is 3.05. The Hall–Kier alpha value is -1.14. The first-order valence-corrected chi connectivity index (χ1v) is 11.4. The van der Waals surface area contributed by atoms with Crippen LogP contribution in [0.25, 0.3) is 0 Å². The van der Waals surface area contributed by atoms with Crippen LogP contribution in [0.1, 0.15) is 66.2 Å². The van der Waals surface area contributed by atoms with E-state index in [1.165, 1.54) is 0 Å². The Kier molecular flexibility index (Phi) is 7.37. The summed E-state index contributed by atoms with van der Waals surface area (Å²) in [4.78, 5) is 29.8. The van der Waals surface area contributed by atoms with Gasteiger partial charge in [0.25, 0.3) is 0 Å². The molecule has 3 saturated heterocycles. The van der Waals surface area contributed by atoms with Crippen LogP contribution in [0.3, 0.4) is 0 Å². The fourth-order valence-electron chi connectivity index (χ4n) is 5.61. The number of nitrogens with zero attached hydrogens (tertiary/aromatic N) is 2. The predicted octanol–water partition coefficient (Wildman–Crippen LogP) is 2.42. The Morgan fingerprint density at radius 2 is 1.79 bits per heavy atom. The smallest absolute Gasteiger partial charge is 0.225 e. The van der Waals surface area contributed by atoms with E-state index in [9.17, 15) is 9.59 Å². The first-order valence-electron chi connectivity index (χ1n) is 11.4. The second-order valence-electron chi connectivity index (χ2n) is 9.16. The Morgan fingerprint density at radius 1 is 1.11 bits per heavy atom. The van der Waals surface area contributed by atoms with E-state index in [1.807, 2.05) is 18.7 Å². The zero-order valence-corrected chi connectivity index (χ0v) is 18.2. The highest BCUT2D eigenvalue weighted by molar-refractivity contribution is 5.77. The minimum Gasteiger partial charge on any atom is -0.376 e. The molecule has 28 heavy (non-hydrogen) atoms. The summed E-state index contributed by atoms with van der Waals surface area (Å²) in [7, 11) is 0. The third-order valence-corrected chi connectivity index (χ3v) is 6.91. The maximum absolute atomic E-state index is 12.7. The zero-order valence-electron chi connectivity index (χ0n) is 18.2. The molecule has 0 aliphatic carbocycles. The lowest BCUT2D eigenvalue weighted by Crippen LogP contribution is -2.41. The minimum absolute atomic E-state index is 0.0469. The molecule has 0 aromatic carbocycles. The maximum atomic E-state index is 12.7. The summed E-state index contributed by atoms with van der Waals surface area (Å²) in [6.07, 6.45) is 5.42. The molecule has 3 aliphatic rings. The summed E-state index contributed by atoms with van der Waals surface area (Å²) < 4.78 is 6.19. The third kappa shape index (κ3) is 4.70. The largest absolute Gasteiger partial charge is 0.376 e. The second-order valence-corrected chi connectivity index (χ2v) is 9.16. The Bertz CT molecular complexity index is 543. The van der Waals surface area contributed by atoms with Gasteiger partial charge in [0, 0.05) is 50.1 Å². The van der Waals surface area contributed by atoms with Crippen molar-refractivity contribution in [3.8, 4) is 0 Å². The highest BCUT2D eigenvalue weighted by Crippen LogP contribution is 2.43. The zero-order chi connectivity index (χ0) is 20.3. The quantitative estimate of drug-likeness (QED) is 0.688. The predicted molar refractivity (Wildman–Crippen MR) is 110 cm³/mol. The van der Waals surface area contributed by atoms with Crippen molar-refractivity contribution in [2.24, 2.45) is 11.8 Å². The number of hydrogen-bond donors (Lipinski definition) is 1.